The molecular weight excluding hydrogens is 260 g/mol. The van der Waals surface area contributed by atoms with Crippen LogP contribution in [0.3, 0.4) is 0 Å². The second-order valence-corrected chi connectivity index (χ2v) is 5.58. The van der Waals surface area contributed by atoms with E-state index in [-0.39, 0.29) is 12.6 Å². The van der Waals surface area contributed by atoms with Gasteiger partial charge in [-0.1, -0.05) is 48.5 Å². The van der Waals surface area contributed by atoms with Crippen molar-refractivity contribution in [3.8, 4) is 0 Å². The number of hydrogen-bond donors (Lipinski definition) is 3. The van der Waals surface area contributed by atoms with Crippen LogP contribution in [0.15, 0.2) is 48.5 Å². The molecule has 3 heteroatoms. The van der Waals surface area contributed by atoms with Gasteiger partial charge in [0, 0.05) is 24.8 Å². The number of anilines is 1. The zero-order chi connectivity index (χ0) is 14.5. The van der Waals surface area contributed by atoms with Crippen molar-refractivity contribution >= 4 is 5.69 Å². The minimum atomic E-state index is 0.0876. The summed E-state index contributed by atoms with van der Waals surface area (Å²) in [5, 5.41) is 16.5. The first-order valence-electron chi connectivity index (χ1n) is 7.59. The summed E-state index contributed by atoms with van der Waals surface area (Å²) >= 11 is 0. The quantitative estimate of drug-likeness (QED) is 0.762. The van der Waals surface area contributed by atoms with Crippen LogP contribution in [0.5, 0.6) is 0 Å². The van der Waals surface area contributed by atoms with E-state index in [1.165, 1.54) is 22.4 Å². The van der Waals surface area contributed by atoms with Gasteiger partial charge in [-0.15, -0.1) is 0 Å². The molecule has 0 fully saturated rings. The molecule has 0 bridgehead atoms. The summed E-state index contributed by atoms with van der Waals surface area (Å²) in [4.78, 5) is 0. The average molecular weight is 282 g/mol. The Morgan fingerprint density at radius 3 is 2.76 bits per heavy atom. The van der Waals surface area contributed by atoms with E-state index in [9.17, 15) is 5.11 Å². The van der Waals surface area contributed by atoms with Crippen LogP contribution >= 0.6 is 0 Å². The van der Waals surface area contributed by atoms with Crippen molar-refractivity contribution in [2.45, 2.75) is 25.4 Å². The Kier molecular flexibility index (Phi) is 4.53. The number of benzene rings is 2. The first kappa shape index (κ1) is 14.1. The van der Waals surface area contributed by atoms with Gasteiger partial charge in [-0.2, -0.15) is 0 Å². The van der Waals surface area contributed by atoms with Gasteiger partial charge in [-0.3, -0.25) is 0 Å². The molecule has 1 aliphatic rings. The van der Waals surface area contributed by atoms with Crippen LogP contribution in [0.4, 0.5) is 5.69 Å². The van der Waals surface area contributed by atoms with Crippen molar-refractivity contribution in [3.63, 3.8) is 0 Å². The second-order valence-electron chi connectivity index (χ2n) is 5.58. The molecule has 0 aromatic heterocycles. The molecule has 0 amide bonds. The van der Waals surface area contributed by atoms with E-state index >= 15 is 0 Å². The maximum atomic E-state index is 9.58. The second kappa shape index (κ2) is 6.74. The zero-order valence-electron chi connectivity index (χ0n) is 12.2. The third-order valence-corrected chi connectivity index (χ3v) is 4.06. The van der Waals surface area contributed by atoms with Crippen molar-refractivity contribution in [2.24, 2.45) is 0 Å². The Morgan fingerprint density at radius 1 is 1.10 bits per heavy atom. The van der Waals surface area contributed by atoms with E-state index in [1.54, 1.807) is 0 Å². The first-order valence-corrected chi connectivity index (χ1v) is 7.59. The summed E-state index contributed by atoms with van der Waals surface area (Å²) in [6, 6.07) is 16.9. The highest BCUT2D eigenvalue weighted by atomic mass is 16.3. The van der Waals surface area contributed by atoms with E-state index in [4.69, 9.17) is 0 Å². The van der Waals surface area contributed by atoms with E-state index < -0.39 is 0 Å². The Labute approximate surface area is 126 Å². The molecule has 0 spiro atoms. The molecule has 0 radical (unpaired) electrons. The highest BCUT2D eigenvalue weighted by Crippen LogP contribution is 2.26. The minimum absolute atomic E-state index is 0.0876. The highest BCUT2D eigenvalue weighted by molar-refractivity contribution is 5.61. The normalized spacial score (nSPS) is 14.5. The van der Waals surface area contributed by atoms with E-state index in [0.717, 1.165) is 25.9 Å². The van der Waals surface area contributed by atoms with E-state index in [1.807, 2.05) is 18.2 Å². The average Bonchev–Trinajstić information content (AvgIpc) is 3.01. The lowest BCUT2D eigenvalue weighted by atomic mass is 10.0. The molecule has 2 aromatic rings. The van der Waals surface area contributed by atoms with Crippen molar-refractivity contribution in [2.75, 3.05) is 18.5 Å². The molecule has 1 unspecified atom stereocenters. The molecule has 110 valence electrons. The third kappa shape index (κ3) is 3.43. The number of fused-ring (bicyclic) bond motifs is 1. The topological polar surface area (TPSA) is 44.3 Å². The zero-order valence-corrected chi connectivity index (χ0v) is 12.2. The third-order valence-electron chi connectivity index (χ3n) is 4.06. The fraction of sp³-hybridized carbons (Fsp3) is 0.333. The van der Waals surface area contributed by atoms with Crippen LogP contribution in [-0.4, -0.2) is 24.3 Å². The van der Waals surface area contributed by atoms with E-state index in [2.05, 4.69) is 41.0 Å². The maximum Gasteiger partial charge on any atom is 0.0587 e. The summed E-state index contributed by atoms with van der Waals surface area (Å²) in [6.07, 6.45) is 1.95. The van der Waals surface area contributed by atoms with Gasteiger partial charge in [0.25, 0.3) is 0 Å². The van der Waals surface area contributed by atoms with Crippen molar-refractivity contribution in [1.29, 1.82) is 0 Å². The first-order chi connectivity index (χ1) is 10.4. The molecule has 0 saturated carbocycles. The smallest absolute Gasteiger partial charge is 0.0587 e. The summed E-state index contributed by atoms with van der Waals surface area (Å²) in [5.74, 6) is 0. The maximum absolute atomic E-state index is 9.58. The lowest BCUT2D eigenvalue weighted by Gasteiger charge is -2.18. The highest BCUT2D eigenvalue weighted by Gasteiger charge is 2.14. The monoisotopic (exact) mass is 282 g/mol. The van der Waals surface area contributed by atoms with Crippen molar-refractivity contribution < 1.29 is 5.11 Å². The van der Waals surface area contributed by atoms with Gasteiger partial charge in [0.1, 0.15) is 0 Å². The van der Waals surface area contributed by atoms with Gasteiger partial charge in [-0.05, 0) is 29.5 Å². The fourth-order valence-corrected chi connectivity index (χ4v) is 2.91. The number of hydrogen-bond acceptors (Lipinski definition) is 3. The molecule has 1 aliphatic heterocycles. The molecular formula is C18H22N2O. The standard InChI is InChI=1S/C18H22N2O/c21-13-17(11-14-5-2-1-3-6-14)20-12-16-8-4-7-15-9-10-19-18(15)16/h1-8,17,19-21H,9-13H2. The number of nitrogens with one attached hydrogen (secondary N) is 2. The van der Waals surface area contributed by atoms with Crippen LogP contribution in [0, 0.1) is 0 Å². The molecule has 3 nitrogen and oxygen atoms in total. The number of para-hydroxylation sites is 1. The Balaban J connectivity index is 1.62. The van der Waals surface area contributed by atoms with E-state index in [0.29, 0.717) is 0 Å². The van der Waals surface area contributed by atoms with Gasteiger partial charge in [0.2, 0.25) is 0 Å². The lowest BCUT2D eigenvalue weighted by molar-refractivity contribution is 0.241. The summed E-state index contributed by atoms with van der Waals surface area (Å²) in [7, 11) is 0. The van der Waals surface area contributed by atoms with Crippen LogP contribution in [0.1, 0.15) is 16.7 Å². The summed E-state index contributed by atoms with van der Waals surface area (Å²) < 4.78 is 0. The largest absolute Gasteiger partial charge is 0.395 e. The van der Waals surface area contributed by atoms with Crippen LogP contribution in [0.2, 0.25) is 0 Å². The van der Waals surface area contributed by atoms with Crippen LogP contribution in [-0.2, 0) is 19.4 Å². The molecule has 21 heavy (non-hydrogen) atoms. The molecule has 0 saturated heterocycles. The van der Waals surface area contributed by atoms with Crippen LogP contribution < -0.4 is 10.6 Å². The fourth-order valence-electron chi connectivity index (χ4n) is 2.91. The van der Waals surface area contributed by atoms with Gasteiger partial charge in [0.15, 0.2) is 0 Å². The van der Waals surface area contributed by atoms with Gasteiger partial charge >= 0.3 is 0 Å². The lowest BCUT2D eigenvalue weighted by Crippen LogP contribution is -2.34. The summed E-state index contributed by atoms with van der Waals surface area (Å²) in [6.45, 7) is 1.96. The van der Waals surface area contributed by atoms with Gasteiger partial charge < -0.3 is 15.7 Å². The van der Waals surface area contributed by atoms with Crippen LogP contribution in [0.25, 0.3) is 0 Å². The molecule has 3 rings (SSSR count). The molecule has 2 aromatic carbocycles. The summed E-state index contributed by atoms with van der Waals surface area (Å²) in [5.41, 5.74) is 5.22. The number of aliphatic hydroxyl groups is 1. The van der Waals surface area contributed by atoms with Gasteiger partial charge in [0.05, 0.1) is 6.61 Å². The minimum Gasteiger partial charge on any atom is -0.395 e. The Hall–Kier alpha value is -1.84. The number of aliphatic hydroxyl groups excluding tert-OH is 1. The van der Waals surface area contributed by atoms with Crippen molar-refractivity contribution in [3.05, 3.63) is 65.2 Å². The van der Waals surface area contributed by atoms with Gasteiger partial charge in [-0.25, -0.2) is 0 Å². The molecule has 3 N–H and O–H groups in total. The Bertz CT molecular complexity index is 583. The molecule has 0 aliphatic carbocycles. The predicted octanol–water partition coefficient (Wildman–Crippen LogP) is 2.35. The predicted molar refractivity (Wildman–Crippen MR) is 86.5 cm³/mol. The number of rotatable bonds is 6. The molecule has 1 heterocycles. The van der Waals surface area contributed by atoms with Crippen molar-refractivity contribution in [1.82, 2.24) is 5.32 Å². The molecule has 1 atom stereocenters. The SMILES string of the molecule is OCC(Cc1ccccc1)NCc1cccc2c1NCC2. The Morgan fingerprint density at radius 2 is 1.95 bits per heavy atom.